The molecule has 150 valence electrons. The van der Waals surface area contributed by atoms with Crippen LogP contribution in [0.2, 0.25) is 0 Å². The Morgan fingerprint density at radius 1 is 1.10 bits per heavy atom. The highest BCUT2D eigenvalue weighted by Crippen LogP contribution is 2.22. The number of nitrogens with one attached hydrogen (secondary N) is 1. The number of benzene rings is 2. The Bertz CT molecular complexity index is 1010. The van der Waals surface area contributed by atoms with Crippen molar-refractivity contribution in [3.63, 3.8) is 0 Å². The van der Waals surface area contributed by atoms with Crippen molar-refractivity contribution in [1.82, 2.24) is 10.3 Å². The number of methoxy groups -OCH3 is 2. The van der Waals surface area contributed by atoms with Crippen molar-refractivity contribution in [1.29, 1.82) is 0 Å². The van der Waals surface area contributed by atoms with Gasteiger partial charge in [-0.2, -0.15) is 0 Å². The van der Waals surface area contributed by atoms with Crippen LogP contribution in [-0.4, -0.2) is 31.1 Å². The van der Waals surface area contributed by atoms with Gasteiger partial charge in [0.2, 0.25) is 11.8 Å². The van der Waals surface area contributed by atoms with Gasteiger partial charge in [0.1, 0.15) is 17.1 Å². The van der Waals surface area contributed by atoms with Gasteiger partial charge in [-0.15, -0.1) is 0 Å². The molecule has 0 aliphatic rings. The molecule has 1 amide bonds. The van der Waals surface area contributed by atoms with Crippen LogP contribution in [0.25, 0.3) is 11.5 Å². The van der Waals surface area contributed by atoms with Crippen LogP contribution in [0, 0.1) is 6.92 Å². The number of ether oxygens (including phenoxy) is 2. The molecule has 0 aliphatic heterocycles. The zero-order valence-corrected chi connectivity index (χ0v) is 16.5. The van der Waals surface area contributed by atoms with E-state index in [1.54, 1.807) is 25.1 Å². The Hall–Kier alpha value is -3.61. The van der Waals surface area contributed by atoms with E-state index in [-0.39, 0.29) is 18.9 Å². The lowest BCUT2D eigenvalue weighted by Crippen LogP contribution is -2.25. The minimum absolute atomic E-state index is 0.0994. The molecule has 3 rings (SSSR count). The van der Waals surface area contributed by atoms with Crippen molar-refractivity contribution in [2.45, 2.75) is 19.9 Å². The second-order valence-electron chi connectivity index (χ2n) is 6.37. The Balaban J connectivity index is 1.65. The monoisotopic (exact) mass is 394 g/mol. The lowest BCUT2D eigenvalue weighted by Gasteiger charge is -2.10. The molecule has 0 radical (unpaired) electrons. The average molecular weight is 394 g/mol. The summed E-state index contributed by atoms with van der Waals surface area (Å²) in [6.45, 7) is 2.05. The first-order valence-electron chi connectivity index (χ1n) is 9.05. The van der Waals surface area contributed by atoms with Gasteiger partial charge in [-0.1, -0.05) is 24.3 Å². The molecule has 0 saturated heterocycles. The van der Waals surface area contributed by atoms with E-state index in [2.05, 4.69) is 10.3 Å². The van der Waals surface area contributed by atoms with Crippen molar-refractivity contribution in [3.05, 3.63) is 71.1 Å². The first-order valence-corrected chi connectivity index (χ1v) is 9.05. The highest BCUT2D eigenvalue weighted by molar-refractivity contribution is 5.92. The largest absolute Gasteiger partial charge is 0.496 e. The molecular formula is C22H22N2O5. The van der Waals surface area contributed by atoms with Gasteiger partial charge < -0.3 is 19.2 Å². The highest BCUT2D eigenvalue weighted by atomic mass is 16.5. The van der Waals surface area contributed by atoms with Crippen molar-refractivity contribution in [3.8, 4) is 17.2 Å². The van der Waals surface area contributed by atoms with Gasteiger partial charge in [-0.05, 0) is 36.8 Å². The van der Waals surface area contributed by atoms with Crippen LogP contribution in [0.5, 0.6) is 5.75 Å². The molecule has 0 saturated carbocycles. The summed E-state index contributed by atoms with van der Waals surface area (Å²) in [5.74, 6) is 0.817. The average Bonchev–Trinajstić information content (AvgIpc) is 3.12. The first kappa shape index (κ1) is 20.1. The third-order valence-corrected chi connectivity index (χ3v) is 4.40. The van der Waals surface area contributed by atoms with Gasteiger partial charge in [0.05, 0.1) is 26.3 Å². The lowest BCUT2D eigenvalue weighted by atomic mass is 10.1. The van der Waals surface area contributed by atoms with Crippen LogP contribution in [0.4, 0.5) is 0 Å². The normalized spacial score (nSPS) is 10.4. The molecule has 0 atom stereocenters. The summed E-state index contributed by atoms with van der Waals surface area (Å²) < 4.78 is 15.6. The maximum absolute atomic E-state index is 12.4. The van der Waals surface area contributed by atoms with Gasteiger partial charge in [0, 0.05) is 12.1 Å². The van der Waals surface area contributed by atoms with Crippen LogP contribution >= 0.6 is 0 Å². The van der Waals surface area contributed by atoms with E-state index in [1.165, 1.54) is 14.2 Å². The predicted molar refractivity (Wildman–Crippen MR) is 107 cm³/mol. The second kappa shape index (κ2) is 9.05. The summed E-state index contributed by atoms with van der Waals surface area (Å²) in [6.07, 6.45) is 0.0994. The summed E-state index contributed by atoms with van der Waals surface area (Å²) in [6, 6.07) is 14.6. The van der Waals surface area contributed by atoms with E-state index in [1.807, 2.05) is 30.3 Å². The van der Waals surface area contributed by atoms with E-state index in [0.717, 1.165) is 11.1 Å². The number of amides is 1. The number of hydrogen-bond acceptors (Lipinski definition) is 6. The second-order valence-corrected chi connectivity index (χ2v) is 6.37. The van der Waals surface area contributed by atoms with Crippen molar-refractivity contribution >= 4 is 11.9 Å². The smallest absolute Gasteiger partial charge is 0.341 e. The molecule has 7 heteroatoms. The third-order valence-electron chi connectivity index (χ3n) is 4.40. The summed E-state index contributed by atoms with van der Waals surface area (Å²) in [5.41, 5.74) is 2.50. The molecule has 7 nitrogen and oxygen atoms in total. The van der Waals surface area contributed by atoms with Gasteiger partial charge in [0.15, 0.2) is 0 Å². The topological polar surface area (TPSA) is 90.7 Å². The number of rotatable bonds is 7. The Labute approximate surface area is 168 Å². The molecule has 0 aliphatic carbocycles. The molecule has 2 aromatic carbocycles. The first-order chi connectivity index (χ1) is 14.0. The maximum atomic E-state index is 12.4. The van der Waals surface area contributed by atoms with Crippen LogP contribution in [0.15, 0.2) is 52.9 Å². The van der Waals surface area contributed by atoms with Crippen molar-refractivity contribution in [2.75, 3.05) is 14.2 Å². The number of oxazole rings is 1. The Kier molecular flexibility index (Phi) is 6.29. The minimum Gasteiger partial charge on any atom is -0.496 e. The van der Waals surface area contributed by atoms with E-state index in [0.29, 0.717) is 28.7 Å². The molecular weight excluding hydrogens is 372 g/mol. The summed E-state index contributed by atoms with van der Waals surface area (Å²) in [5, 5.41) is 2.83. The van der Waals surface area contributed by atoms with Crippen LogP contribution in [0.3, 0.4) is 0 Å². The fourth-order valence-corrected chi connectivity index (χ4v) is 2.85. The van der Waals surface area contributed by atoms with Crippen LogP contribution in [0.1, 0.15) is 27.4 Å². The van der Waals surface area contributed by atoms with Gasteiger partial charge in [-0.3, -0.25) is 4.79 Å². The maximum Gasteiger partial charge on any atom is 0.341 e. The standard InChI is InChI=1S/C22H22N2O5/c1-14-18(24-21(29-14)16-7-5-4-6-8-16)12-20(25)23-13-15-9-10-19(27-2)17(11-15)22(26)28-3/h4-11H,12-13H2,1-3H3,(H,23,25). The predicted octanol–water partition coefficient (Wildman–Crippen LogP) is 3.30. The number of carbonyl (C=O) groups is 2. The zero-order valence-electron chi connectivity index (χ0n) is 16.5. The molecule has 1 aromatic heterocycles. The fourth-order valence-electron chi connectivity index (χ4n) is 2.85. The quantitative estimate of drug-likeness (QED) is 0.619. The van der Waals surface area contributed by atoms with E-state index >= 15 is 0 Å². The van der Waals surface area contributed by atoms with Gasteiger partial charge in [0.25, 0.3) is 0 Å². The van der Waals surface area contributed by atoms with E-state index in [4.69, 9.17) is 13.9 Å². The molecule has 0 unspecified atom stereocenters. The zero-order chi connectivity index (χ0) is 20.8. The summed E-state index contributed by atoms with van der Waals surface area (Å²) in [4.78, 5) is 28.7. The fraction of sp³-hybridized carbons (Fsp3) is 0.227. The molecule has 0 bridgehead atoms. The Morgan fingerprint density at radius 3 is 2.55 bits per heavy atom. The molecule has 1 heterocycles. The van der Waals surface area contributed by atoms with Gasteiger partial charge >= 0.3 is 5.97 Å². The van der Waals surface area contributed by atoms with Gasteiger partial charge in [-0.25, -0.2) is 9.78 Å². The molecule has 29 heavy (non-hydrogen) atoms. The number of hydrogen-bond donors (Lipinski definition) is 1. The third kappa shape index (κ3) is 4.82. The number of esters is 1. The number of aryl methyl sites for hydroxylation is 1. The summed E-state index contributed by atoms with van der Waals surface area (Å²) >= 11 is 0. The number of nitrogens with zero attached hydrogens (tertiary/aromatic N) is 1. The highest BCUT2D eigenvalue weighted by Gasteiger charge is 2.16. The molecule has 3 aromatic rings. The van der Waals surface area contributed by atoms with E-state index < -0.39 is 5.97 Å². The van der Waals surface area contributed by atoms with E-state index in [9.17, 15) is 9.59 Å². The molecule has 0 spiro atoms. The number of aromatic nitrogens is 1. The van der Waals surface area contributed by atoms with Crippen molar-refractivity contribution < 1.29 is 23.5 Å². The molecule has 1 N–H and O–H groups in total. The SMILES string of the molecule is COC(=O)c1cc(CNC(=O)Cc2nc(-c3ccccc3)oc2C)ccc1OC. The van der Waals surface area contributed by atoms with Crippen molar-refractivity contribution in [2.24, 2.45) is 0 Å². The number of carbonyl (C=O) groups excluding carboxylic acids is 2. The van der Waals surface area contributed by atoms with Crippen LogP contribution < -0.4 is 10.1 Å². The minimum atomic E-state index is -0.498. The lowest BCUT2D eigenvalue weighted by molar-refractivity contribution is -0.120. The molecule has 0 fully saturated rings. The van der Waals surface area contributed by atoms with Crippen LogP contribution in [-0.2, 0) is 22.5 Å². The Morgan fingerprint density at radius 2 is 1.86 bits per heavy atom. The summed E-state index contributed by atoms with van der Waals surface area (Å²) in [7, 11) is 2.79.